The topological polar surface area (TPSA) is 49.3 Å². The molecular weight excluding hydrogens is 461 g/mol. The molecule has 0 atom stereocenters. The Morgan fingerprint density at radius 2 is 1.21 bits per heavy atom. The average molecular weight is 486 g/mol. The molecule has 0 amide bonds. The van der Waals surface area contributed by atoms with Crippen LogP contribution >= 0.6 is 7.26 Å². The van der Waals surface area contributed by atoms with E-state index in [0.717, 1.165) is 17.3 Å². The zero-order valence-electron chi connectivity index (χ0n) is 18.5. The molecule has 0 aliphatic carbocycles. The Morgan fingerprint density at radius 3 is 1.68 bits per heavy atom. The van der Waals surface area contributed by atoms with E-state index in [4.69, 9.17) is 5.11 Å². The highest BCUT2D eigenvalue weighted by molar-refractivity contribution is 7.98. The summed E-state index contributed by atoms with van der Waals surface area (Å²) in [6, 6.07) is 39.6. The second-order valence-electron chi connectivity index (χ2n) is 7.49. The Balaban J connectivity index is 0.00000324. The van der Waals surface area contributed by atoms with Crippen LogP contribution in [0.4, 0.5) is 5.69 Å². The lowest BCUT2D eigenvalue weighted by Crippen LogP contribution is -3.00. The van der Waals surface area contributed by atoms with Crippen molar-refractivity contribution in [3.8, 4) is 0 Å². The normalized spacial score (nSPS) is 11.3. The standard InChI is InChI=1S/C29H24NO2P.ClH/c31-29(32)20-19-24-11-10-12-25(23-24)30-21-22-33(26-13-4-1-5-14-26,27-15-6-2-7-16-27)28-17-8-3-9-18-28;/h1-23,30H;1H. The van der Waals surface area contributed by atoms with E-state index in [1.165, 1.54) is 15.9 Å². The monoisotopic (exact) mass is 485 g/mol. The minimum atomic E-state index is -2.06. The van der Waals surface area contributed by atoms with Crippen LogP contribution in [0.3, 0.4) is 0 Å². The molecule has 0 aromatic heterocycles. The number of carbonyl (C=O) groups is 1. The van der Waals surface area contributed by atoms with E-state index in [0.29, 0.717) is 0 Å². The van der Waals surface area contributed by atoms with Crippen LogP contribution in [0.25, 0.3) is 6.08 Å². The maximum absolute atomic E-state index is 10.8. The van der Waals surface area contributed by atoms with Crippen LogP contribution < -0.4 is 33.6 Å². The van der Waals surface area contributed by atoms with Gasteiger partial charge in [-0.3, -0.25) is 0 Å². The molecule has 0 saturated carbocycles. The zero-order chi connectivity index (χ0) is 22.9. The molecule has 0 bridgehead atoms. The molecule has 4 rings (SSSR count). The zero-order valence-corrected chi connectivity index (χ0v) is 20.1. The quantitative estimate of drug-likeness (QED) is 0.298. The number of hydrogen-bond donors (Lipinski definition) is 2. The molecule has 0 unspecified atom stereocenters. The molecule has 3 nitrogen and oxygen atoms in total. The van der Waals surface area contributed by atoms with Crippen LogP contribution in [-0.2, 0) is 4.79 Å². The molecule has 0 saturated heterocycles. The van der Waals surface area contributed by atoms with Gasteiger partial charge < -0.3 is 22.8 Å². The number of anilines is 1. The molecule has 0 fully saturated rings. The third-order valence-corrected chi connectivity index (χ3v) is 9.28. The van der Waals surface area contributed by atoms with Crippen LogP contribution in [0, 0.1) is 0 Å². The van der Waals surface area contributed by atoms with E-state index in [9.17, 15) is 4.79 Å². The van der Waals surface area contributed by atoms with Crippen molar-refractivity contribution in [2.45, 2.75) is 0 Å². The van der Waals surface area contributed by atoms with Gasteiger partial charge in [-0.05, 0) is 60.2 Å². The van der Waals surface area contributed by atoms with Crippen LogP contribution in [0.5, 0.6) is 0 Å². The van der Waals surface area contributed by atoms with Crippen LogP contribution in [0.2, 0.25) is 0 Å². The van der Waals surface area contributed by atoms with Gasteiger partial charge in [0.25, 0.3) is 0 Å². The van der Waals surface area contributed by atoms with Gasteiger partial charge >= 0.3 is 5.97 Å². The highest BCUT2D eigenvalue weighted by Crippen LogP contribution is 2.56. The Bertz CT molecular complexity index is 1160. The minimum Gasteiger partial charge on any atom is -1.00 e. The third-order valence-electron chi connectivity index (χ3n) is 5.34. The molecule has 2 N–H and O–H groups in total. The maximum Gasteiger partial charge on any atom is 0.328 e. The molecule has 0 heterocycles. The van der Waals surface area contributed by atoms with Crippen molar-refractivity contribution < 1.29 is 22.3 Å². The molecule has 0 spiro atoms. The van der Waals surface area contributed by atoms with Crippen molar-refractivity contribution >= 4 is 40.9 Å². The van der Waals surface area contributed by atoms with Crippen molar-refractivity contribution in [2.75, 3.05) is 5.32 Å². The summed E-state index contributed by atoms with van der Waals surface area (Å²) >= 11 is 0. The van der Waals surface area contributed by atoms with E-state index in [2.05, 4.69) is 83.9 Å². The van der Waals surface area contributed by atoms with Crippen molar-refractivity contribution in [1.82, 2.24) is 0 Å². The predicted molar refractivity (Wildman–Crippen MR) is 141 cm³/mol. The summed E-state index contributed by atoms with van der Waals surface area (Å²) in [6.07, 6.45) is 4.75. The van der Waals surface area contributed by atoms with Gasteiger partial charge in [-0.1, -0.05) is 66.7 Å². The van der Waals surface area contributed by atoms with Crippen molar-refractivity contribution in [2.24, 2.45) is 0 Å². The molecule has 34 heavy (non-hydrogen) atoms. The number of hydrogen-bond acceptors (Lipinski definition) is 2. The summed E-state index contributed by atoms with van der Waals surface area (Å²) in [7, 11) is -2.06. The SMILES string of the molecule is O=C(O)C=Cc1cccc(NC=C[P+](c2ccccc2)(c2ccccc2)c2ccccc2)c1.[Cl-]. The maximum atomic E-state index is 10.8. The fourth-order valence-corrected chi connectivity index (χ4v) is 7.48. The van der Waals surface area contributed by atoms with Gasteiger partial charge in [0.05, 0.1) is 5.82 Å². The minimum absolute atomic E-state index is 0. The predicted octanol–water partition coefficient (Wildman–Crippen LogP) is 2.67. The number of aliphatic carboxylic acids is 1. The van der Waals surface area contributed by atoms with Gasteiger partial charge in [0.1, 0.15) is 23.2 Å². The second kappa shape index (κ2) is 12.0. The first-order valence-electron chi connectivity index (χ1n) is 10.7. The van der Waals surface area contributed by atoms with Gasteiger partial charge in [0.2, 0.25) is 0 Å². The van der Waals surface area contributed by atoms with E-state index in [1.54, 1.807) is 6.08 Å². The smallest absolute Gasteiger partial charge is 0.328 e. The lowest BCUT2D eigenvalue weighted by atomic mass is 10.2. The highest BCUT2D eigenvalue weighted by atomic mass is 35.5. The molecule has 4 aromatic carbocycles. The summed E-state index contributed by atoms with van der Waals surface area (Å²) in [6.45, 7) is 0. The van der Waals surface area contributed by atoms with Gasteiger partial charge in [0.15, 0.2) is 0 Å². The molecule has 4 aromatic rings. The summed E-state index contributed by atoms with van der Waals surface area (Å²) in [5.41, 5.74) is 1.72. The molecule has 170 valence electrons. The number of benzene rings is 4. The van der Waals surface area contributed by atoms with Gasteiger partial charge in [-0.25, -0.2) is 4.79 Å². The van der Waals surface area contributed by atoms with E-state index in [-0.39, 0.29) is 12.4 Å². The summed E-state index contributed by atoms with van der Waals surface area (Å²) in [5, 5.41) is 16.1. The van der Waals surface area contributed by atoms with Crippen LogP contribution in [0.15, 0.2) is 133 Å². The first kappa shape index (κ1) is 25.0. The van der Waals surface area contributed by atoms with E-state index in [1.807, 2.05) is 48.7 Å². The number of nitrogens with one attached hydrogen (secondary N) is 1. The summed E-state index contributed by atoms with van der Waals surface area (Å²) in [5.74, 6) is 1.34. The van der Waals surface area contributed by atoms with E-state index < -0.39 is 13.2 Å². The lowest BCUT2D eigenvalue weighted by molar-refractivity contribution is -0.131. The number of rotatable bonds is 8. The third kappa shape index (κ3) is 5.82. The Morgan fingerprint density at radius 1 is 0.706 bits per heavy atom. The highest BCUT2D eigenvalue weighted by Gasteiger charge is 2.43. The summed E-state index contributed by atoms with van der Waals surface area (Å²) in [4.78, 5) is 10.8. The Kier molecular flexibility index (Phi) is 8.81. The number of halogens is 1. The largest absolute Gasteiger partial charge is 1.00 e. The molecule has 0 radical (unpaired) electrons. The number of carboxylic acid groups (broad SMARTS) is 1. The number of carboxylic acids is 1. The molecule has 0 aliphatic heterocycles. The summed E-state index contributed by atoms with van der Waals surface area (Å²) < 4.78 is 0. The molecular formula is C29H25ClNO2P. The van der Waals surface area contributed by atoms with Gasteiger partial charge in [0, 0.05) is 18.0 Å². The first-order chi connectivity index (χ1) is 16.2. The molecule has 5 heteroatoms. The van der Waals surface area contributed by atoms with Crippen molar-refractivity contribution in [3.05, 3.63) is 139 Å². The Labute approximate surface area is 207 Å². The lowest BCUT2D eigenvalue weighted by Gasteiger charge is -2.24. The van der Waals surface area contributed by atoms with Crippen LogP contribution in [0.1, 0.15) is 5.56 Å². The van der Waals surface area contributed by atoms with Gasteiger partial charge in [-0.15, -0.1) is 0 Å². The first-order valence-corrected chi connectivity index (χ1v) is 12.6. The van der Waals surface area contributed by atoms with Crippen molar-refractivity contribution in [1.29, 1.82) is 0 Å². The second-order valence-corrected chi connectivity index (χ2v) is 10.8. The Hall–Kier alpha value is -3.65. The van der Waals surface area contributed by atoms with Crippen molar-refractivity contribution in [3.63, 3.8) is 0 Å². The fraction of sp³-hybridized carbons (Fsp3) is 0. The van der Waals surface area contributed by atoms with Crippen LogP contribution in [-0.4, -0.2) is 11.1 Å². The molecule has 0 aliphatic rings. The fourth-order valence-electron chi connectivity index (χ4n) is 3.84. The van der Waals surface area contributed by atoms with Gasteiger partial charge in [-0.2, -0.15) is 0 Å². The average Bonchev–Trinajstić information content (AvgIpc) is 2.87. The van der Waals surface area contributed by atoms with E-state index >= 15 is 0 Å².